The fourth-order valence-electron chi connectivity index (χ4n) is 4.10. The van der Waals surface area contributed by atoms with Gasteiger partial charge in [0.15, 0.2) is 0 Å². The third kappa shape index (κ3) is 6.84. The van der Waals surface area contributed by atoms with Gasteiger partial charge < -0.3 is 14.4 Å². The fourth-order valence-corrected chi connectivity index (χ4v) is 4.23. The summed E-state index contributed by atoms with van der Waals surface area (Å²) in [5, 5.41) is 0.687. The van der Waals surface area contributed by atoms with Crippen molar-refractivity contribution in [2.75, 3.05) is 33.3 Å². The van der Waals surface area contributed by atoms with Crippen LogP contribution in [0.3, 0.4) is 0 Å². The van der Waals surface area contributed by atoms with Crippen molar-refractivity contribution in [3.8, 4) is 5.75 Å². The minimum Gasteiger partial charge on any atom is -0.489 e. The van der Waals surface area contributed by atoms with Crippen LogP contribution in [0.2, 0.25) is 5.02 Å². The molecule has 0 aliphatic carbocycles. The van der Waals surface area contributed by atoms with Crippen molar-refractivity contribution in [2.45, 2.75) is 19.6 Å². The maximum atomic E-state index is 12.8. The molecule has 0 saturated carbocycles. The number of amides is 1. The van der Waals surface area contributed by atoms with Crippen LogP contribution >= 0.6 is 11.6 Å². The summed E-state index contributed by atoms with van der Waals surface area (Å²) >= 11 is 5.99. The molecule has 0 spiro atoms. The van der Waals surface area contributed by atoms with E-state index in [2.05, 4.69) is 4.90 Å². The second kappa shape index (κ2) is 11.9. The molecule has 3 aromatic rings. The minimum absolute atomic E-state index is 0.0670. The van der Waals surface area contributed by atoms with Crippen LogP contribution in [0.5, 0.6) is 5.75 Å². The van der Waals surface area contributed by atoms with E-state index in [9.17, 15) is 9.59 Å². The molecule has 6 nitrogen and oxygen atoms in total. The summed E-state index contributed by atoms with van der Waals surface area (Å²) in [5.74, 6) is 0.562. The topological polar surface area (TPSA) is 59.1 Å². The molecule has 0 N–H and O–H groups in total. The standard InChI is InChI=1S/C28H29ClN2O4/c1-34-27(32)18-22-9-12-26(35-20-21-7-10-25(29)11-8-21)24(17-22)19-30-13-15-31(16-14-30)28(33)23-5-3-2-4-6-23/h2-12,17H,13-16,18-20H2,1H3. The van der Waals surface area contributed by atoms with Gasteiger partial charge in [-0.25, -0.2) is 0 Å². The van der Waals surface area contributed by atoms with Gasteiger partial charge in [-0.15, -0.1) is 0 Å². The maximum absolute atomic E-state index is 12.8. The summed E-state index contributed by atoms with van der Waals surface area (Å²) in [6.45, 7) is 3.93. The summed E-state index contributed by atoms with van der Waals surface area (Å²) in [5.41, 5.74) is 3.62. The Morgan fingerprint density at radius 1 is 0.886 bits per heavy atom. The fraction of sp³-hybridized carbons (Fsp3) is 0.286. The zero-order valence-electron chi connectivity index (χ0n) is 19.8. The number of halogens is 1. The monoisotopic (exact) mass is 492 g/mol. The lowest BCUT2D eigenvalue weighted by Crippen LogP contribution is -2.48. The third-order valence-electron chi connectivity index (χ3n) is 6.08. The zero-order chi connectivity index (χ0) is 24.6. The van der Waals surface area contributed by atoms with E-state index in [1.165, 1.54) is 7.11 Å². The van der Waals surface area contributed by atoms with Crippen LogP contribution in [0, 0.1) is 0 Å². The molecule has 182 valence electrons. The van der Waals surface area contributed by atoms with Crippen molar-refractivity contribution in [1.29, 1.82) is 0 Å². The van der Waals surface area contributed by atoms with Crippen LogP contribution in [0.15, 0.2) is 72.8 Å². The van der Waals surface area contributed by atoms with Gasteiger partial charge in [0, 0.05) is 48.9 Å². The Labute approximate surface area is 211 Å². The number of carbonyl (C=O) groups excluding carboxylic acids is 2. The van der Waals surface area contributed by atoms with Crippen molar-refractivity contribution >= 4 is 23.5 Å². The van der Waals surface area contributed by atoms with Crippen molar-refractivity contribution in [1.82, 2.24) is 9.80 Å². The molecule has 0 aromatic heterocycles. The third-order valence-corrected chi connectivity index (χ3v) is 6.33. The summed E-state index contributed by atoms with van der Waals surface area (Å²) in [7, 11) is 1.39. The molecule has 7 heteroatoms. The summed E-state index contributed by atoms with van der Waals surface area (Å²) in [6, 6.07) is 22.8. The Morgan fingerprint density at radius 3 is 2.26 bits per heavy atom. The first-order valence-electron chi connectivity index (χ1n) is 11.6. The van der Waals surface area contributed by atoms with Crippen molar-refractivity contribution < 1.29 is 19.1 Å². The maximum Gasteiger partial charge on any atom is 0.309 e. The van der Waals surface area contributed by atoms with Gasteiger partial charge in [0.1, 0.15) is 12.4 Å². The van der Waals surface area contributed by atoms with Gasteiger partial charge in [-0.2, -0.15) is 0 Å². The Kier molecular flexibility index (Phi) is 8.40. The molecule has 3 aromatic carbocycles. The predicted octanol–water partition coefficient (Wildman–Crippen LogP) is 4.59. The van der Waals surface area contributed by atoms with E-state index >= 15 is 0 Å². The number of rotatable bonds is 8. The van der Waals surface area contributed by atoms with Crippen LogP contribution in [-0.4, -0.2) is 55.0 Å². The molecule has 4 rings (SSSR count). The van der Waals surface area contributed by atoms with Crippen molar-refractivity contribution in [3.63, 3.8) is 0 Å². The van der Waals surface area contributed by atoms with Crippen molar-refractivity contribution in [3.05, 3.63) is 100 Å². The van der Waals surface area contributed by atoms with E-state index < -0.39 is 0 Å². The average Bonchev–Trinajstić information content (AvgIpc) is 2.89. The molecule has 0 radical (unpaired) electrons. The van der Waals surface area contributed by atoms with Gasteiger partial charge >= 0.3 is 5.97 Å². The number of esters is 1. The number of piperazine rings is 1. The highest BCUT2D eigenvalue weighted by Gasteiger charge is 2.23. The highest BCUT2D eigenvalue weighted by Crippen LogP contribution is 2.25. The normalized spacial score (nSPS) is 13.9. The smallest absolute Gasteiger partial charge is 0.309 e. The number of methoxy groups -OCH3 is 1. The molecule has 1 amide bonds. The van der Waals surface area contributed by atoms with Crippen LogP contribution in [0.1, 0.15) is 27.0 Å². The number of carbonyl (C=O) groups is 2. The first-order chi connectivity index (χ1) is 17.0. The number of nitrogens with zero attached hydrogens (tertiary/aromatic N) is 2. The zero-order valence-corrected chi connectivity index (χ0v) is 20.5. The van der Waals surface area contributed by atoms with E-state index in [4.69, 9.17) is 21.1 Å². The molecule has 1 aliphatic rings. The highest BCUT2D eigenvalue weighted by molar-refractivity contribution is 6.30. The number of ether oxygens (including phenoxy) is 2. The molecule has 1 aliphatic heterocycles. The van der Waals surface area contributed by atoms with Gasteiger partial charge in [0.25, 0.3) is 5.91 Å². The summed E-state index contributed by atoms with van der Waals surface area (Å²) in [6.07, 6.45) is 0.209. The van der Waals surface area contributed by atoms with Gasteiger partial charge in [0.05, 0.1) is 13.5 Å². The van der Waals surface area contributed by atoms with Crippen LogP contribution in [0.4, 0.5) is 0 Å². The molecule has 0 bridgehead atoms. The average molecular weight is 493 g/mol. The molecule has 1 fully saturated rings. The van der Waals surface area contributed by atoms with Gasteiger partial charge in [0.2, 0.25) is 0 Å². The summed E-state index contributed by atoms with van der Waals surface area (Å²) < 4.78 is 11.0. The first kappa shape index (κ1) is 24.8. The lowest BCUT2D eigenvalue weighted by molar-refractivity contribution is -0.139. The second-order valence-electron chi connectivity index (χ2n) is 8.54. The molecule has 1 heterocycles. The lowest BCUT2D eigenvalue weighted by atomic mass is 10.1. The SMILES string of the molecule is COC(=O)Cc1ccc(OCc2ccc(Cl)cc2)c(CN2CCN(C(=O)c3ccccc3)CC2)c1. The molecular formula is C28H29ClN2O4. The van der Waals surface area contributed by atoms with E-state index in [-0.39, 0.29) is 18.3 Å². The van der Waals surface area contributed by atoms with E-state index in [0.29, 0.717) is 36.8 Å². The molecular weight excluding hydrogens is 464 g/mol. The Hall–Kier alpha value is -3.35. The summed E-state index contributed by atoms with van der Waals surface area (Å²) in [4.78, 5) is 28.8. The van der Waals surface area contributed by atoms with Crippen molar-refractivity contribution in [2.24, 2.45) is 0 Å². The Bertz CT molecular complexity index is 1140. The number of hydrogen-bond donors (Lipinski definition) is 0. The number of benzene rings is 3. The Balaban J connectivity index is 1.43. The van der Waals surface area contributed by atoms with E-state index in [1.54, 1.807) is 0 Å². The van der Waals surface area contributed by atoms with Gasteiger partial charge in [-0.05, 0) is 41.5 Å². The minimum atomic E-state index is -0.279. The van der Waals surface area contributed by atoms with Gasteiger partial charge in [-0.1, -0.05) is 54.1 Å². The van der Waals surface area contributed by atoms with Crippen LogP contribution in [0.25, 0.3) is 0 Å². The molecule has 35 heavy (non-hydrogen) atoms. The number of hydrogen-bond acceptors (Lipinski definition) is 5. The van der Waals surface area contributed by atoms with E-state index in [0.717, 1.165) is 35.5 Å². The first-order valence-corrected chi connectivity index (χ1v) is 12.0. The highest BCUT2D eigenvalue weighted by atomic mass is 35.5. The largest absolute Gasteiger partial charge is 0.489 e. The lowest BCUT2D eigenvalue weighted by Gasteiger charge is -2.35. The molecule has 0 atom stereocenters. The second-order valence-corrected chi connectivity index (χ2v) is 8.98. The van der Waals surface area contributed by atoms with Crippen LogP contribution < -0.4 is 4.74 Å². The quantitative estimate of drug-likeness (QED) is 0.430. The van der Waals surface area contributed by atoms with Crippen LogP contribution in [-0.2, 0) is 29.1 Å². The molecule has 0 unspecified atom stereocenters. The predicted molar refractivity (Wildman–Crippen MR) is 136 cm³/mol. The molecule has 1 saturated heterocycles. The Morgan fingerprint density at radius 2 is 1.57 bits per heavy atom. The van der Waals surface area contributed by atoms with Gasteiger partial charge in [-0.3, -0.25) is 14.5 Å². The van der Waals surface area contributed by atoms with E-state index in [1.807, 2.05) is 77.7 Å².